The Bertz CT molecular complexity index is 461. The average molecular weight is 344 g/mol. The van der Waals surface area contributed by atoms with Gasteiger partial charge in [0.2, 0.25) is 0 Å². The van der Waals surface area contributed by atoms with Gasteiger partial charge in [-0.3, -0.25) is 0 Å². The molecule has 1 aromatic carbocycles. The third-order valence-corrected chi connectivity index (χ3v) is 2.37. The van der Waals surface area contributed by atoms with Gasteiger partial charge in [0.1, 0.15) is 0 Å². The molecule has 1 N–H and O–H groups in total. The van der Waals surface area contributed by atoms with Crippen LogP contribution in [0.15, 0.2) is 24.3 Å². The number of carbonyl (C=O) groups is 1. The first-order valence-electron chi connectivity index (χ1n) is 7.69. The molecule has 0 radical (unpaired) electrons. The summed E-state index contributed by atoms with van der Waals surface area (Å²) < 4.78 is 4.60. The quantitative estimate of drug-likeness (QED) is 0.463. The smallest absolute Gasteiger partial charge is 0.430 e. The normalized spacial score (nSPS) is 10.9. The van der Waals surface area contributed by atoms with Gasteiger partial charge in [-0.2, -0.15) is 4.89 Å². The minimum Gasteiger partial charge on any atom is -0.430 e. The van der Waals surface area contributed by atoms with Crippen molar-refractivity contribution in [2.45, 2.75) is 66.1 Å². The van der Waals surface area contributed by atoms with Crippen LogP contribution in [0.2, 0.25) is 0 Å². The number of carbonyl (C=O) groups excluding carboxylic acids is 1. The molecule has 0 aromatic heterocycles. The van der Waals surface area contributed by atoms with Crippen molar-refractivity contribution in [3.05, 3.63) is 29.8 Å². The lowest BCUT2D eigenvalue weighted by molar-refractivity contribution is -0.514. The van der Waals surface area contributed by atoms with Crippen LogP contribution in [0.5, 0.6) is 5.75 Å². The predicted molar refractivity (Wildman–Crippen MR) is 88.4 cm³/mol. The van der Waals surface area contributed by atoms with E-state index in [2.05, 4.69) is 38.3 Å². The first-order chi connectivity index (χ1) is 11.0. The predicted octanol–water partition coefficient (Wildman–Crippen LogP) is 4.87. The summed E-state index contributed by atoms with van der Waals surface area (Å²) in [7, 11) is 0. The van der Waals surface area contributed by atoms with Crippen LogP contribution in [0.3, 0.4) is 0 Å². The van der Waals surface area contributed by atoms with E-state index in [-0.39, 0.29) is 6.10 Å². The Morgan fingerprint density at radius 3 is 1.96 bits per heavy atom. The molecule has 0 fully saturated rings. The fourth-order valence-electron chi connectivity index (χ4n) is 1.27. The molecule has 7 heteroatoms. The second-order valence-corrected chi connectivity index (χ2v) is 6.58. The minimum absolute atomic E-state index is 0.245. The molecule has 1 aromatic rings. The summed E-state index contributed by atoms with van der Waals surface area (Å²) in [5.41, 5.74) is 0.712. The molecule has 1 rings (SSSR count). The minimum atomic E-state index is -0.917. The highest BCUT2D eigenvalue weighted by molar-refractivity contribution is 5.59. The highest BCUT2D eigenvalue weighted by Crippen LogP contribution is 2.17. The molecule has 0 atom stereocenters. The first-order valence-corrected chi connectivity index (χ1v) is 7.69. The van der Waals surface area contributed by atoms with Crippen molar-refractivity contribution in [2.75, 3.05) is 0 Å². The summed E-state index contributed by atoms with van der Waals surface area (Å²) in [6.45, 7) is 12.9. The molecule has 0 saturated carbocycles. The first kappa shape index (κ1) is 22.2. The highest BCUT2D eigenvalue weighted by atomic mass is 17.5. The zero-order chi connectivity index (χ0) is 18.8. The van der Waals surface area contributed by atoms with Crippen LogP contribution in [0, 0.1) is 0 Å². The number of benzene rings is 1. The van der Waals surface area contributed by atoms with E-state index in [1.54, 1.807) is 46.8 Å². The van der Waals surface area contributed by atoms with E-state index in [1.807, 2.05) is 12.1 Å². The van der Waals surface area contributed by atoms with Crippen LogP contribution in [-0.4, -0.2) is 23.1 Å². The molecule has 0 heterocycles. The molecule has 0 spiro atoms. The lowest BCUT2D eigenvalue weighted by Crippen LogP contribution is -2.21. The van der Waals surface area contributed by atoms with E-state index in [1.165, 1.54) is 5.56 Å². The fraction of sp³-hybridized carbons (Fsp3) is 0.588. The molecular weight excluding hydrogens is 316 g/mol. The van der Waals surface area contributed by atoms with Crippen molar-refractivity contribution in [3.63, 3.8) is 0 Å². The van der Waals surface area contributed by atoms with Gasteiger partial charge in [-0.05, 0) is 63.3 Å². The molecular formula is C17H28O7. The lowest BCUT2D eigenvalue weighted by Gasteiger charge is -2.15. The van der Waals surface area contributed by atoms with Crippen molar-refractivity contribution in [2.24, 2.45) is 0 Å². The highest BCUT2D eigenvalue weighted by Gasteiger charge is 2.15. The van der Waals surface area contributed by atoms with Gasteiger partial charge in [0.15, 0.2) is 5.75 Å². The maximum atomic E-state index is 10.7. The van der Waals surface area contributed by atoms with Gasteiger partial charge >= 0.3 is 6.16 Å². The molecule has 0 aliphatic heterocycles. The zero-order valence-electron chi connectivity index (χ0n) is 15.4. The monoisotopic (exact) mass is 344 g/mol. The molecule has 138 valence electrons. The Hall–Kier alpha value is -1.83. The Kier molecular flexibility index (Phi) is 10.0. The fourth-order valence-corrected chi connectivity index (χ4v) is 1.27. The zero-order valence-corrected chi connectivity index (χ0v) is 15.4. The molecule has 0 bridgehead atoms. The van der Waals surface area contributed by atoms with E-state index in [0.29, 0.717) is 11.7 Å². The van der Waals surface area contributed by atoms with Crippen molar-refractivity contribution >= 4 is 6.16 Å². The molecule has 0 saturated heterocycles. The number of hydrogen-bond acceptors (Lipinski definition) is 7. The van der Waals surface area contributed by atoms with Crippen molar-refractivity contribution in [1.82, 2.24) is 0 Å². The summed E-state index contributed by atoms with van der Waals surface area (Å²) in [5, 5.41) is 12.5. The van der Waals surface area contributed by atoms with Crippen LogP contribution >= 0.6 is 0 Å². The van der Waals surface area contributed by atoms with Crippen LogP contribution in [0.25, 0.3) is 0 Å². The average Bonchev–Trinajstić information content (AvgIpc) is 2.45. The van der Waals surface area contributed by atoms with Gasteiger partial charge in [0, 0.05) is 0 Å². The maximum Gasteiger partial charge on any atom is 0.542 e. The van der Waals surface area contributed by atoms with Gasteiger partial charge in [-0.25, -0.2) is 14.9 Å². The van der Waals surface area contributed by atoms with Gasteiger partial charge in [-0.1, -0.05) is 26.0 Å². The summed E-state index contributed by atoms with van der Waals surface area (Å²) in [6.07, 6.45) is -1.16. The lowest BCUT2D eigenvalue weighted by atomic mass is 10.0. The molecule has 0 aliphatic carbocycles. The van der Waals surface area contributed by atoms with E-state index < -0.39 is 11.8 Å². The number of ether oxygens (including phenoxy) is 1. The maximum absolute atomic E-state index is 10.7. The van der Waals surface area contributed by atoms with E-state index in [9.17, 15) is 4.79 Å². The Morgan fingerprint density at radius 1 is 1.04 bits per heavy atom. The van der Waals surface area contributed by atoms with Gasteiger partial charge in [-0.15, -0.1) is 0 Å². The topological polar surface area (TPSA) is 83.5 Å². The third-order valence-electron chi connectivity index (χ3n) is 2.37. The van der Waals surface area contributed by atoms with Crippen molar-refractivity contribution in [1.29, 1.82) is 0 Å². The van der Waals surface area contributed by atoms with Crippen LogP contribution in [-0.2, 0) is 19.6 Å². The van der Waals surface area contributed by atoms with Crippen molar-refractivity contribution in [3.8, 4) is 5.75 Å². The summed E-state index contributed by atoms with van der Waals surface area (Å²) in [4.78, 5) is 23.5. The molecule has 24 heavy (non-hydrogen) atoms. The Balaban J connectivity index is 0.000000446. The molecule has 0 amide bonds. The molecule has 7 nitrogen and oxygen atoms in total. The second-order valence-electron chi connectivity index (χ2n) is 6.58. The SMILES string of the molecule is CC(C)OC(=O)OOOC(C)(C)C.CC(C)c1ccc(OO)cc1. The van der Waals surface area contributed by atoms with Crippen molar-refractivity contribution < 1.29 is 34.5 Å². The largest absolute Gasteiger partial charge is 0.542 e. The Labute approximate surface area is 143 Å². The Morgan fingerprint density at radius 2 is 1.58 bits per heavy atom. The van der Waals surface area contributed by atoms with Gasteiger partial charge in [0.05, 0.1) is 11.7 Å². The summed E-state index contributed by atoms with van der Waals surface area (Å²) in [6, 6.07) is 7.37. The van der Waals surface area contributed by atoms with E-state index in [4.69, 9.17) is 5.26 Å². The number of hydrogen-bond donors (Lipinski definition) is 1. The second kappa shape index (κ2) is 10.9. The van der Waals surface area contributed by atoms with Crippen LogP contribution in [0.1, 0.15) is 59.9 Å². The molecule has 0 unspecified atom stereocenters. The van der Waals surface area contributed by atoms with Gasteiger partial charge in [0.25, 0.3) is 0 Å². The van der Waals surface area contributed by atoms with E-state index >= 15 is 0 Å². The standard InChI is InChI=1S/C9H12O2.C8H16O5/c1-7(2)8-3-5-9(11-10)6-4-8;1-6(2)10-7(9)11-13-12-8(3,4)5/h3-7,10H,1-2H3;6H,1-5H3. The summed E-state index contributed by atoms with van der Waals surface area (Å²) >= 11 is 0. The van der Waals surface area contributed by atoms with Crippen LogP contribution < -0.4 is 4.89 Å². The number of rotatable bonds is 5. The molecule has 0 aliphatic rings. The van der Waals surface area contributed by atoms with E-state index in [0.717, 1.165) is 0 Å². The summed E-state index contributed by atoms with van der Waals surface area (Å²) in [5.74, 6) is 0.997. The van der Waals surface area contributed by atoms with Gasteiger partial charge < -0.3 is 9.62 Å². The van der Waals surface area contributed by atoms with Crippen LogP contribution in [0.4, 0.5) is 4.79 Å². The third kappa shape index (κ3) is 11.7.